The summed E-state index contributed by atoms with van der Waals surface area (Å²) in [6.45, 7) is 2.49. The number of hydrogen-bond donors (Lipinski definition) is 2. The Bertz CT molecular complexity index is 241. The second kappa shape index (κ2) is 4.78. The molecule has 0 aromatic rings. The number of hydroxylamine groups is 1. The van der Waals surface area contributed by atoms with Crippen LogP contribution in [0.5, 0.6) is 0 Å². The highest BCUT2D eigenvalue weighted by atomic mass is 32.1. The molecule has 13 heavy (non-hydrogen) atoms. The van der Waals surface area contributed by atoms with Crippen LogP contribution in [0.2, 0.25) is 0 Å². The lowest BCUT2D eigenvalue weighted by molar-refractivity contribution is -0.210. The van der Waals surface area contributed by atoms with Crippen LogP contribution in [0.4, 0.5) is 0 Å². The summed E-state index contributed by atoms with van der Waals surface area (Å²) in [6.07, 6.45) is 1.99. The van der Waals surface area contributed by atoms with E-state index in [1.807, 2.05) is 6.92 Å². The zero-order valence-corrected chi connectivity index (χ0v) is 7.93. The van der Waals surface area contributed by atoms with Gasteiger partial charge >= 0.3 is 0 Å². The van der Waals surface area contributed by atoms with Crippen molar-refractivity contribution < 1.29 is 9.63 Å². The maximum Gasteiger partial charge on any atom is 0.233 e. The molecule has 0 spiro atoms. The van der Waals surface area contributed by atoms with E-state index in [2.05, 4.69) is 11.0 Å². The second-order valence-electron chi connectivity index (χ2n) is 2.24. The number of carbonyl (C=O) groups excluding carboxylic acids is 1. The van der Waals surface area contributed by atoms with Crippen LogP contribution in [-0.4, -0.2) is 28.0 Å². The minimum Gasteiger partial charge on any atom is -0.275 e. The van der Waals surface area contributed by atoms with Gasteiger partial charge in [0.25, 0.3) is 0 Å². The van der Waals surface area contributed by atoms with E-state index >= 15 is 0 Å². The van der Waals surface area contributed by atoms with Gasteiger partial charge in [0.1, 0.15) is 12.1 Å². The quantitative estimate of drug-likeness (QED) is 0.471. The van der Waals surface area contributed by atoms with Crippen LogP contribution in [0, 0.1) is 0 Å². The fourth-order valence-electron chi connectivity index (χ4n) is 0.729. The Labute approximate surface area is 81.0 Å². The van der Waals surface area contributed by atoms with Crippen molar-refractivity contribution in [2.24, 2.45) is 0 Å². The van der Waals surface area contributed by atoms with Crippen molar-refractivity contribution >= 4 is 23.3 Å². The standard InChI is InChI=1S/C6H10N4O2S/c1-2-5-12-10-6(13)7-8-9(10)3-4-11/h3,8H,2,5H2,1H3,(H,7,13). The first-order chi connectivity index (χ1) is 6.29. The smallest absolute Gasteiger partial charge is 0.233 e. The number of thiocarbonyl (C=S) groups is 1. The lowest BCUT2D eigenvalue weighted by Gasteiger charge is -2.21. The Morgan fingerprint density at radius 3 is 3.15 bits per heavy atom. The third-order valence-electron chi connectivity index (χ3n) is 1.24. The third-order valence-corrected chi connectivity index (χ3v) is 1.50. The molecule has 2 N–H and O–H groups in total. The van der Waals surface area contributed by atoms with Crippen LogP contribution in [0.15, 0.2) is 6.20 Å². The molecule has 1 saturated heterocycles. The predicted molar refractivity (Wildman–Crippen MR) is 49.1 cm³/mol. The van der Waals surface area contributed by atoms with Gasteiger partial charge in [0.15, 0.2) is 0 Å². The Balaban J connectivity index is 2.54. The predicted octanol–water partition coefficient (Wildman–Crippen LogP) is -0.500. The summed E-state index contributed by atoms with van der Waals surface area (Å²) in [5.41, 5.74) is 5.20. The average Bonchev–Trinajstić information content (AvgIpc) is 2.45. The highest BCUT2D eigenvalue weighted by Crippen LogP contribution is 2.02. The first-order valence-electron chi connectivity index (χ1n) is 3.78. The Morgan fingerprint density at radius 1 is 1.77 bits per heavy atom. The summed E-state index contributed by atoms with van der Waals surface area (Å²) < 4.78 is 0. The van der Waals surface area contributed by atoms with E-state index in [1.165, 1.54) is 10.3 Å². The van der Waals surface area contributed by atoms with Crippen molar-refractivity contribution in [1.82, 2.24) is 21.3 Å². The molecule has 1 aliphatic rings. The monoisotopic (exact) mass is 202 g/mol. The molecule has 1 rings (SSSR count). The average molecular weight is 202 g/mol. The van der Waals surface area contributed by atoms with Crippen LogP contribution in [0.3, 0.4) is 0 Å². The fourth-order valence-corrected chi connectivity index (χ4v) is 0.916. The van der Waals surface area contributed by atoms with Gasteiger partial charge in [0.05, 0.1) is 6.61 Å². The van der Waals surface area contributed by atoms with Gasteiger partial charge in [0, 0.05) is 0 Å². The lowest BCUT2D eigenvalue weighted by Crippen LogP contribution is -2.39. The summed E-state index contributed by atoms with van der Waals surface area (Å²) >= 11 is 4.88. The molecular formula is C6H10N4O2S. The molecule has 0 unspecified atom stereocenters. The molecule has 1 aliphatic heterocycles. The van der Waals surface area contributed by atoms with E-state index in [0.29, 0.717) is 11.7 Å². The Kier molecular flexibility index (Phi) is 3.66. The van der Waals surface area contributed by atoms with Gasteiger partial charge in [-0.15, -0.1) is 10.7 Å². The topological polar surface area (TPSA) is 56.8 Å². The summed E-state index contributed by atoms with van der Waals surface area (Å²) in [6, 6.07) is 0. The van der Waals surface area contributed by atoms with Crippen LogP contribution < -0.4 is 11.0 Å². The van der Waals surface area contributed by atoms with Crippen molar-refractivity contribution in [3.63, 3.8) is 0 Å². The maximum absolute atomic E-state index is 10.1. The van der Waals surface area contributed by atoms with Crippen molar-refractivity contribution in [2.45, 2.75) is 13.3 Å². The van der Waals surface area contributed by atoms with Gasteiger partial charge in [-0.3, -0.25) is 10.3 Å². The van der Waals surface area contributed by atoms with E-state index in [-0.39, 0.29) is 0 Å². The van der Waals surface area contributed by atoms with Crippen LogP contribution in [0.25, 0.3) is 0 Å². The van der Waals surface area contributed by atoms with Gasteiger partial charge in [-0.05, 0) is 18.6 Å². The molecule has 0 aromatic heterocycles. The zero-order chi connectivity index (χ0) is 9.68. The van der Waals surface area contributed by atoms with Crippen LogP contribution in [0.1, 0.15) is 13.3 Å². The number of hydrazine groups is 3. The molecule has 0 atom stereocenters. The van der Waals surface area contributed by atoms with E-state index in [0.717, 1.165) is 12.6 Å². The highest BCUT2D eigenvalue weighted by Gasteiger charge is 2.23. The molecule has 6 nitrogen and oxygen atoms in total. The molecule has 7 heteroatoms. The molecule has 72 valence electrons. The fraction of sp³-hybridized carbons (Fsp3) is 0.500. The number of hydrogen-bond acceptors (Lipinski definition) is 5. The minimum atomic E-state index is 0.347. The van der Waals surface area contributed by atoms with Gasteiger partial charge in [-0.1, -0.05) is 6.92 Å². The van der Waals surface area contributed by atoms with E-state index in [9.17, 15) is 4.79 Å². The Hall–Kier alpha value is -1.14. The summed E-state index contributed by atoms with van der Waals surface area (Å²) in [5, 5.41) is 2.88. The third kappa shape index (κ3) is 2.40. The number of nitrogens with one attached hydrogen (secondary N) is 2. The molecule has 0 saturated carbocycles. The van der Waals surface area contributed by atoms with Crippen molar-refractivity contribution in [3.05, 3.63) is 6.20 Å². The van der Waals surface area contributed by atoms with Crippen molar-refractivity contribution in [1.29, 1.82) is 0 Å². The zero-order valence-electron chi connectivity index (χ0n) is 7.11. The van der Waals surface area contributed by atoms with Crippen LogP contribution in [-0.2, 0) is 9.63 Å². The maximum atomic E-state index is 10.1. The minimum absolute atomic E-state index is 0.347. The first kappa shape index (κ1) is 9.94. The van der Waals surface area contributed by atoms with E-state index in [1.54, 1.807) is 5.94 Å². The van der Waals surface area contributed by atoms with Gasteiger partial charge < -0.3 is 0 Å². The summed E-state index contributed by atoms with van der Waals surface area (Å²) in [4.78, 5) is 15.3. The highest BCUT2D eigenvalue weighted by molar-refractivity contribution is 7.80. The van der Waals surface area contributed by atoms with Gasteiger partial charge in [0.2, 0.25) is 5.11 Å². The van der Waals surface area contributed by atoms with Crippen molar-refractivity contribution in [2.75, 3.05) is 6.61 Å². The molecule has 1 fully saturated rings. The SMILES string of the molecule is CCCON1C(=S)NNN1C=C=O. The van der Waals surface area contributed by atoms with E-state index < -0.39 is 0 Å². The number of nitrogens with zero attached hydrogens (tertiary/aromatic N) is 2. The molecule has 1 heterocycles. The molecule has 0 radical (unpaired) electrons. The molecule has 0 bridgehead atoms. The normalized spacial score (nSPS) is 15.6. The first-order valence-corrected chi connectivity index (χ1v) is 4.19. The van der Waals surface area contributed by atoms with E-state index in [4.69, 9.17) is 17.1 Å². The number of rotatable bonds is 4. The lowest BCUT2D eigenvalue weighted by atomic mass is 10.5. The van der Waals surface area contributed by atoms with Gasteiger partial charge in [-0.2, -0.15) is 5.12 Å². The van der Waals surface area contributed by atoms with Gasteiger partial charge in [-0.25, -0.2) is 4.79 Å². The molecule has 0 aliphatic carbocycles. The van der Waals surface area contributed by atoms with Crippen LogP contribution >= 0.6 is 12.2 Å². The summed E-state index contributed by atoms with van der Waals surface area (Å²) in [5.74, 6) is 1.60. The summed E-state index contributed by atoms with van der Waals surface area (Å²) in [7, 11) is 0. The molecular weight excluding hydrogens is 192 g/mol. The Morgan fingerprint density at radius 2 is 2.54 bits per heavy atom. The largest absolute Gasteiger partial charge is 0.275 e. The molecule has 0 aromatic carbocycles. The van der Waals surface area contributed by atoms with Crippen molar-refractivity contribution in [3.8, 4) is 0 Å². The molecule has 0 amide bonds. The second-order valence-corrected chi connectivity index (χ2v) is 2.63.